The molecular weight excluding hydrogens is 378 g/mol. The van der Waals surface area contributed by atoms with Crippen LogP contribution < -0.4 is 5.32 Å². The molecule has 9 heteroatoms. The molecule has 27 heavy (non-hydrogen) atoms. The molecule has 0 saturated heterocycles. The van der Waals surface area contributed by atoms with Crippen molar-refractivity contribution >= 4 is 23.3 Å². The normalized spacial score (nSPS) is 19.9. The van der Waals surface area contributed by atoms with Gasteiger partial charge in [-0.05, 0) is 44.7 Å². The van der Waals surface area contributed by atoms with E-state index >= 15 is 0 Å². The zero-order valence-electron chi connectivity index (χ0n) is 14.9. The maximum Gasteiger partial charge on any atom is 0.341 e. The smallest absolute Gasteiger partial charge is 0.341 e. The summed E-state index contributed by atoms with van der Waals surface area (Å²) in [5.41, 5.74) is 0.858. The first-order chi connectivity index (χ1) is 13.0. The van der Waals surface area contributed by atoms with Gasteiger partial charge in [-0.1, -0.05) is 11.6 Å². The van der Waals surface area contributed by atoms with Crippen molar-refractivity contribution in [3.8, 4) is 0 Å². The van der Waals surface area contributed by atoms with Crippen LogP contribution in [0.5, 0.6) is 0 Å². The summed E-state index contributed by atoms with van der Waals surface area (Å²) in [5, 5.41) is 7.67. The van der Waals surface area contributed by atoms with Gasteiger partial charge in [-0.3, -0.25) is 4.68 Å². The van der Waals surface area contributed by atoms with Gasteiger partial charge in [-0.15, -0.1) is 0 Å². The molecule has 0 radical (unpaired) electrons. The van der Waals surface area contributed by atoms with Gasteiger partial charge < -0.3 is 10.1 Å². The number of alkyl halides is 2. The molecule has 1 N–H and O–H groups in total. The van der Waals surface area contributed by atoms with E-state index in [4.69, 9.17) is 16.3 Å². The van der Waals surface area contributed by atoms with E-state index in [1.165, 1.54) is 23.1 Å². The number of hydrogen-bond acceptors (Lipinski definition) is 5. The average Bonchev–Trinajstić information content (AvgIpc) is 3.13. The number of carbonyl (C=O) groups excluding carboxylic acids is 1. The lowest BCUT2D eigenvalue weighted by Crippen LogP contribution is -2.29. The Morgan fingerprint density at radius 3 is 2.81 bits per heavy atom. The van der Waals surface area contributed by atoms with Gasteiger partial charge in [0, 0.05) is 18.4 Å². The Labute approximate surface area is 160 Å². The highest BCUT2D eigenvalue weighted by Gasteiger charge is 2.27. The standard InChI is InChI=1S/C18H21ClF2N4O2/c1-2-27-18(26)13-10-22-16(19)9-14(13)24-11-3-5-12(6-4-11)25-15(17(20)21)7-8-23-25/h7-12,17H,2-6H2,1H3,(H,22,24)/t11-,12-. The Bertz CT molecular complexity index is 791. The number of ether oxygens (including phenoxy) is 1. The second kappa shape index (κ2) is 8.65. The molecule has 0 aliphatic heterocycles. The highest BCUT2D eigenvalue weighted by atomic mass is 35.5. The fourth-order valence-corrected chi connectivity index (χ4v) is 3.57. The van der Waals surface area contributed by atoms with Gasteiger partial charge in [0.25, 0.3) is 6.43 Å². The number of carbonyl (C=O) groups is 1. The topological polar surface area (TPSA) is 69.0 Å². The van der Waals surface area contributed by atoms with E-state index in [9.17, 15) is 13.6 Å². The summed E-state index contributed by atoms with van der Waals surface area (Å²) >= 11 is 5.97. The highest BCUT2D eigenvalue weighted by Crippen LogP contribution is 2.33. The van der Waals surface area contributed by atoms with Crippen molar-refractivity contribution in [1.29, 1.82) is 0 Å². The first-order valence-corrected chi connectivity index (χ1v) is 9.28. The third-order valence-electron chi connectivity index (χ3n) is 4.69. The Morgan fingerprint density at radius 2 is 2.15 bits per heavy atom. The molecule has 2 aromatic rings. The van der Waals surface area contributed by atoms with Crippen LogP contribution in [0.4, 0.5) is 14.5 Å². The average molecular weight is 399 g/mol. The van der Waals surface area contributed by atoms with Crippen LogP contribution in [0.15, 0.2) is 24.5 Å². The van der Waals surface area contributed by atoms with Crippen molar-refractivity contribution in [2.45, 2.75) is 51.1 Å². The molecule has 2 aromatic heterocycles. The van der Waals surface area contributed by atoms with Crippen LogP contribution in [0.25, 0.3) is 0 Å². The highest BCUT2D eigenvalue weighted by molar-refractivity contribution is 6.29. The van der Waals surface area contributed by atoms with E-state index in [0.29, 0.717) is 24.1 Å². The van der Waals surface area contributed by atoms with Crippen molar-refractivity contribution in [2.75, 3.05) is 11.9 Å². The third-order valence-corrected chi connectivity index (χ3v) is 4.90. The maximum atomic E-state index is 13.1. The number of pyridine rings is 1. The van der Waals surface area contributed by atoms with Crippen LogP contribution in [-0.2, 0) is 4.74 Å². The first-order valence-electron chi connectivity index (χ1n) is 8.90. The maximum absolute atomic E-state index is 13.1. The van der Waals surface area contributed by atoms with E-state index in [2.05, 4.69) is 15.4 Å². The first kappa shape index (κ1) is 19.5. The van der Waals surface area contributed by atoms with Crippen LogP contribution in [0, 0.1) is 0 Å². The van der Waals surface area contributed by atoms with E-state index < -0.39 is 12.4 Å². The largest absolute Gasteiger partial charge is 0.462 e. The Kier molecular flexibility index (Phi) is 6.26. The number of nitrogens with zero attached hydrogens (tertiary/aromatic N) is 3. The molecule has 2 heterocycles. The lowest BCUT2D eigenvalue weighted by molar-refractivity contribution is 0.0527. The number of hydrogen-bond donors (Lipinski definition) is 1. The minimum Gasteiger partial charge on any atom is -0.462 e. The minimum absolute atomic E-state index is 0.0445. The minimum atomic E-state index is -2.53. The van der Waals surface area contributed by atoms with Crippen LogP contribution >= 0.6 is 11.6 Å². The fourth-order valence-electron chi connectivity index (χ4n) is 3.41. The number of halogens is 3. The summed E-state index contributed by atoms with van der Waals surface area (Å²) in [7, 11) is 0. The molecule has 0 unspecified atom stereocenters. The van der Waals surface area contributed by atoms with E-state index in [-0.39, 0.29) is 29.5 Å². The molecule has 3 rings (SSSR count). The van der Waals surface area contributed by atoms with E-state index in [0.717, 1.165) is 12.8 Å². The zero-order valence-corrected chi connectivity index (χ0v) is 15.6. The lowest BCUT2D eigenvalue weighted by Gasteiger charge is -2.31. The molecule has 146 valence electrons. The molecule has 0 aromatic carbocycles. The van der Waals surface area contributed by atoms with Crippen molar-refractivity contribution in [2.24, 2.45) is 0 Å². The van der Waals surface area contributed by atoms with Crippen LogP contribution in [0.2, 0.25) is 5.15 Å². The Balaban J connectivity index is 1.67. The van der Waals surface area contributed by atoms with E-state index in [1.54, 1.807) is 13.0 Å². The SMILES string of the molecule is CCOC(=O)c1cnc(Cl)cc1N[C@H]1CC[C@H](n2nccc2C(F)F)CC1. The predicted molar refractivity (Wildman–Crippen MR) is 97.3 cm³/mol. The molecule has 1 fully saturated rings. The number of esters is 1. The van der Waals surface area contributed by atoms with Crippen molar-refractivity contribution in [3.05, 3.63) is 40.9 Å². The van der Waals surface area contributed by atoms with Gasteiger partial charge >= 0.3 is 5.97 Å². The Hall–Kier alpha value is -2.22. The molecule has 1 aliphatic rings. The zero-order chi connectivity index (χ0) is 19.4. The molecule has 6 nitrogen and oxygen atoms in total. The summed E-state index contributed by atoms with van der Waals surface area (Å²) in [6, 6.07) is 3.01. The van der Waals surface area contributed by atoms with Gasteiger partial charge in [-0.25, -0.2) is 18.6 Å². The fraction of sp³-hybridized carbons (Fsp3) is 0.500. The van der Waals surface area contributed by atoms with Crippen LogP contribution in [-0.4, -0.2) is 33.4 Å². The number of anilines is 1. The summed E-state index contributed by atoms with van der Waals surface area (Å²) < 4.78 is 32.6. The second-order valence-corrected chi connectivity index (χ2v) is 6.81. The van der Waals surface area contributed by atoms with Gasteiger partial charge in [0.2, 0.25) is 0 Å². The van der Waals surface area contributed by atoms with Gasteiger partial charge in [0.15, 0.2) is 0 Å². The van der Waals surface area contributed by atoms with Gasteiger partial charge in [-0.2, -0.15) is 5.10 Å². The molecule has 1 aliphatic carbocycles. The summed E-state index contributed by atoms with van der Waals surface area (Å²) in [4.78, 5) is 16.0. The molecular formula is C18H21ClF2N4O2. The monoisotopic (exact) mass is 398 g/mol. The van der Waals surface area contributed by atoms with Crippen molar-refractivity contribution in [1.82, 2.24) is 14.8 Å². The quantitative estimate of drug-likeness (QED) is 0.567. The molecule has 1 saturated carbocycles. The van der Waals surface area contributed by atoms with Crippen molar-refractivity contribution in [3.63, 3.8) is 0 Å². The predicted octanol–water partition coefficient (Wildman–Crippen LogP) is 4.64. The number of rotatable bonds is 6. The van der Waals surface area contributed by atoms with Crippen LogP contribution in [0.3, 0.4) is 0 Å². The van der Waals surface area contributed by atoms with Crippen molar-refractivity contribution < 1.29 is 18.3 Å². The summed E-state index contributed by atoms with van der Waals surface area (Å²) in [6.45, 7) is 2.00. The van der Waals surface area contributed by atoms with E-state index in [1.807, 2.05) is 0 Å². The van der Waals surface area contributed by atoms with Crippen LogP contribution in [0.1, 0.15) is 61.1 Å². The summed E-state index contributed by atoms with van der Waals surface area (Å²) in [6.07, 6.45) is 3.22. The van der Waals surface area contributed by atoms with Gasteiger partial charge in [0.1, 0.15) is 16.4 Å². The van der Waals surface area contributed by atoms with Gasteiger partial charge in [0.05, 0.1) is 18.3 Å². The second-order valence-electron chi connectivity index (χ2n) is 6.42. The number of aromatic nitrogens is 3. The molecule has 0 amide bonds. The lowest BCUT2D eigenvalue weighted by atomic mass is 9.90. The molecule has 0 atom stereocenters. The third kappa shape index (κ3) is 4.55. The molecule has 0 bridgehead atoms. The number of nitrogens with one attached hydrogen (secondary N) is 1. The Morgan fingerprint density at radius 1 is 1.41 bits per heavy atom. The molecule has 0 spiro atoms. The summed E-state index contributed by atoms with van der Waals surface area (Å²) in [5.74, 6) is -0.462.